The molecule has 38 heavy (non-hydrogen) atoms. The van der Waals surface area contributed by atoms with Crippen molar-refractivity contribution in [3.8, 4) is 0 Å². The lowest BCUT2D eigenvalue weighted by Crippen LogP contribution is -2.67. The van der Waals surface area contributed by atoms with E-state index < -0.39 is 8.32 Å². The van der Waals surface area contributed by atoms with E-state index in [2.05, 4.69) is 84.5 Å². The zero-order valence-corrected chi connectivity index (χ0v) is 24.9. The number of benzene rings is 2. The minimum Gasteiger partial charge on any atom is -0.398 e. The Morgan fingerprint density at radius 2 is 1.50 bits per heavy atom. The van der Waals surface area contributed by atoms with Crippen LogP contribution in [0.4, 0.5) is 0 Å². The largest absolute Gasteiger partial charge is 0.398 e. The molecule has 1 N–H and O–H groups in total. The normalized spacial score (nSPS) is 15.4. The molecule has 2 aromatic carbocycles. The average Bonchev–Trinajstić information content (AvgIpc) is 2.88. The minimum absolute atomic E-state index is 0.0513. The van der Waals surface area contributed by atoms with Crippen molar-refractivity contribution < 1.29 is 9.22 Å². The second-order valence-corrected chi connectivity index (χ2v) is 16.2. The first-order valence-electron chi connectivity index (χ1n) is 13.2. The van der Waals surface area contributed by atoms with Crippen molar-refractivity contribution in [2.75, 3.05) is 26.2 Å². The highest BCUT2D eigenvalue weighted by atomic mass is 35.5. The molecule has 0 radical (unpaired) electrons. The van der Waals surface area contributed by atoms with Crippen molar-refractivity contribution in [2.45, 2.75) is 45.2 Å². The van der Waals surface area contributed by atoms with Crippen molar-refractivity contribution in [1.82, 2.24) is 15.2 Å². The maximum absolute atomic E-state index is 13.0. The maximum atomic E-state index is 13.0. The summed E-state index contributed by atoms with van der Waals surface area (Å²) in [6.07, 6.45) is 2.06. The first-order valence-corrected chi connectivity index (χ1v) is 15.9. The maximum Gasteiger partial charge on any atom is 0.261 e. The molecule has 1 fully saturated rings. The van der Waals surface area contributed by atoms with E-state index in [1.165, 1.54) is 10.4 Å². The molecule has 4 rings (SSSR count). The van der Waals surface area contributed by atoms with Crippen molar-refractivity contribution in [2.24, 2.45) is 5.92 Å². The van der Waals surface area contributed by atoms with Crippen LogP contribution >= 0.6 is 23.2 Å². The number of amides is 1. The Hall–Kier alpha value is -2.22. The number of rotatable bonds is 9. The van der Waals surface area contributed by atoms with Gasteiger partial charge >= 0.3 is 0 Å². The Labute approximate surface area is 237 Å². The third kappa shape index (κ3) is 7.04. The van der Waals surface area contributed by atoms with Gasteiger partial charge in [-0.15, -0.1) is 0 Å². The van der Waals surface area contributed by atoms with E-state index in [1.807, 2.05) is 24.3 Å². The minimum atomic E-state index is -2.73. The summed E-state index contributed by atoms with van der Waals surface area (Å²) in [4.78, 5) is 19.5. The van der Waals surface area contributed by atoms with Gasteiger partial charge in [0, 0.05) is 13.1 Å². The molecule has 1 aliphatic heterocycles. The average molecular weight is 571 g/mol. The number of hydrogen-bond acceptors (Lipinski definition) is 4. The van der Waals surface area contributed by atoms with E-state index in [9.17, 15) is 4.79 Å². The second-order valence-electron chi connectivity index (χ2n) is 11.1. The fourth-order valence-electron chi connectivity index (χ4n) is 5.46. The predicted molar refractivity (Wildman–Crippen MR) is 159 cm³/mol. The van der Waals surface area contributed by atoms with Crippen molar-refractivity contribution >= 4 is 47.8 Å². The van der Waals surface area contributed by atoms with Crippen LogP contribution in [0, 0.1) is 5.92 Å². The molecule has 8 heteroatoms. The predicted octanol–water partition coefficient (Wildman–Crippen LogP) is 5.29. The number of carbonyl (C=O) groups excluding carboxylic acids is 1. The van der Waals surface area contributed by atoms with Crippen LogP contribution in [0.1, 0.15) is 39.2 Å². The summed E-state index contributed by atoms with van der Waals surface area (Å²) >= 11 is 12.1. The van der Waals surface area contributed by atoms with Crippen molar-refractivity contribution in [3.63, 3.8) is 0 Å². The molecule has 202 valence electrons. The molecule has 1 aromatic heterocycles. The van der Waals surface area contributed by atoms with Crippen molar-refractivity contribution in [3.05, 3.63) is 88.7 Å². The summed E-state index contributed by atoms with van der Waals surface area (Å²) in [7, 11) is -2.73. The summed E-state index contributed by atoms with van der Waals surface area (Å²) in [5.74, 6) is 0.397. The number of aromatic nitrogens is 1. The standard InChI is InChI=1S/C30H37Cl2N3O2Si/c1-30(2,3)38(25-10-6-4-7-11-25,26-12-8-5-9-13-26)37-22-29(36)33-20-23-14-16-35(17-15-23)21-24-18-27(31)34-28(32)19-24/h4-13,18-19,23H,14-17,20-22H2,1-3H3,(H,33,36). The fourth-order valence-corrected chi connectivity index (χ4v) is 10.5. The third-order valence-corrected chi connectivity index (χ3v) is 12.7. The van der Waals surface area contributed by atoms with Crippen LogP contribution < -0.4 is 15.7 Å². The molecule has 0 spiro atoms. The molecule has 3 aromatic rings. The lowest BCUT2D eigenvalue weighted by Gasteiger charge is -2.42. The van der Waals surface area contributed by atoms with Gasteiger partial charge in [-0.1, -0.05) is 105 Å². The zero-order valence-electron chi connectivity index (χ0n) is 22.4. The van der Waals surface area contributed by atoms with E-state index in [-0.39, 0.29) is 17.6 Å². The van der Waals surface area contributed by atoms with Gasteiger partial charge < -0.3 is 9.74 Å². The summed E-state index contributed by atoms with van der Waals surface area (Å²) in [6, 6.07) is 24.6. The van der Waals surface area contributed by atoms with Gasteiger partial charge in [0.1, 0.15) is 16.9 Å². The molecule has 0 atom stereocenters. The number of nitrogens with one attached hydrogen (secondary N) is 1. The molecule has 2 heterocycles. The fraction of sp³-hybridized carbons (Fsp3) is 0.400. The molecule has 0 aliphatic carbocycles. The molecule has 0 unspecified atom stereocenters. The topological polar surface area (TPSA) is 54.5 Å². The summed E-state index contributed by atoms with van der Waals surface area (Å²) in [5.41, 5.74) is 1.07. The molecule has 1 saturated heterocycles. The van der Waals surface area contributed by atoms with Gasteiger partial charge in [-0.05, 0) is 65.0 Å². The molecule has 1 amide bonds. The van der Waals surface area contributed by atoms with E-state index in [0.29, 0.717) is 22.8 Å². The number of pyridine rings is 1. The molecule has 1 aliphatic rings. The van der Waals surface area contributed by atoms with Gasteiger partial charge in [-0.2, -0.15) is 0 Å². The Morgan fingerprint density at radius 1 is 0.974 bits per heavy atom. The van der Waals surface area contributed by atoms with E-state index in [1.54, 1.807) is 0 Å². The Kier molecular flexibility index (Phi) is 9.66. The Balaban J connectivity index is 1.34. The smallest absolute Gasteiger partial charge is 0.261 e. The van der Waals surface area contributed by atoms with Crippen LogP contribution in [0.25, 0.3) is 0 Å². The van der Waals surface area contributed by atoms with Crippen LogP contribution in [0.5, 0.6) is 0 Å². The lowest BCUT2D eigenvalue weighted by atomic mass is 9.96. The number of carbonyl (C=O) groups is 1. The molecule has 5 nitrogen and oxygen atoms in total. The van der Waals surface area contributed by atoms with E-state index >= 15 is 0 Å². The highest BCUT2D eigenvalue weighted by Gasteiger charge is 2.50. The van der Waals surface area contributed by atoms with Gasteiger partial charge in [0.25, 0.3) is 8.32 Å². The number of likely N-dealkylation sites (tertiary alicyclic amines) is 1. The quantitative estimate of drug-likeness (QED) is 0.281. The number of piperidine rings is 1. The zero-order chi connectivity index (χ0) is 27.2. The van der Waals surface area contributed by atoms with Crippen LogP contribution in [-0.4, -0.2) is 50.3 Å². The first-order chi connectivity index (χ1) is 18.2. The van der Waals surface area contributed by atoms with Gasteiger partial charge in [0.15, 0.2) is 0 Å². The van der Waals surface area contributed by atoms with Crippen LogP contribution in [0.3, 0.4) is 0 Å². The van der Waals surface area contributed by atoms with Gasteiger partial charge in [0.05, 0.1) is 0 Å². The first kappa shape index (κ1) is 28.8. The molecule has 0 bridgehead atoms. The molecule has 0 saturated carbocycles. The van der Waals surface area contributed by atoms with Crippen molar-refractivity contribution in [1.29, 1.82) is 0 Å². The third-order valence-electron chi connectivity index (χ3n) is 7.36. The monoisotopic (exact) mass is 569 g/mol. The summed E-state index contributed by atoms with van der Waals surface area (Å²) < 4.78 is 6.76. The Morgan fingerprint density at radius 3 is 2.00 bits per heavy atom. The highest BCUT2D eigenvalue weighted by molar-refractivity contribution is 6.99. The van der Waals surface area contributed by atoms with Crippen LogP contribution in [0.15, 0.2) is 72.8 Å². The highest BCUT2D eigenvalue weighted by Crippen LogP contribution is 2.36. The number of nitrogens with zero attached hydrogens (tertiary/aromatic N) is 2. The van der Waals surface area contributed by atoms with Crippen LogP contribution in [-0.2, 0) is 15.8 Å². The summed E-state index contributed by atoms with van der Waals surface area (Å²) in [6.45, 7) is 10.1. The lowest BCUT2D eigenvalue weighted by molar-refractivity contribution is -0.123. The summed E-state index contributed by atoms with van der Waals surface area (Å²) in [5, 5.41) is 6.19. The number of hydrogen-bond donors (Lipinski definition) is 1. The number of halogens is 2. The molecular formula is C30H37Cl2N3O2Si. The SMILES string of the molecule is CC(C)(C)[Si](OCC(=O)NCC1CCN(Cc2cc(Cl)nc(Cl)c2)CC1)(c1ccccc1)c1ccccc1. The van der Waals surface area contributed by atoms with Gasteiger partial charge in [-0.3, -0.25) is 9.69 Å². The Bertz CT molecular complexity index is 1140. The van der Waals surface area contributed by atoms with E-state index in [0.717, 1.165) is 38.0 Å². The molecular weight excluding hydrogens is 533 g/mol. The van der Waals surface area contributed by atoms with Crippen LogP contribution in [0.2, 0.25) is 15.3 Å². The van der Waals surface area contributed by atoms with Gasteiger partial charge in [0.2, 0.25) is 5.91 Å². The van der Waals surface area contributed by atoms with Gasteiger partial charge in [-0.25, -0.2) is 4.98 Å². The second kappa shape index (κ2) is 12.8. The van der Waals surface area contributed by atoms with E-state index in [4.69, 9.17) is 27.6 Å².